The van der Waals surface area contributed by atoms with E-state index >= 15 is 0 Å². The normalized spacial score (nSPS) is 25.8. The number of alkyl halides is 1. The van der Waals surface area contributed by atoms with Crippen LogP contribution in [0.5, 0.6) is 6.01 Å². The summed E-state index contributed by atoms with van der Waals surface area (Å²) in [5, 5.41) is 0.167. The topological polar surface area (TPSA) is 103 Å². The predicted octanol–water partition coefficient (Wildman–Crippen LogP) is 3.87. The number of aliphatic imine (C=N–C) groups is 1. The number of hydrogen-bond donors (Lipinski definition) is 1. The molecule has 4 aliphatic heterocycles. The maximum Gasteiger partial charge on any atom is 0.318 e. The van der Waals surface area contributed by atoms with Gasteiger partial charge in [-0.15, -0.1) is 0 Å². The minimum absolute atomic E-state index is 0.0266. The fraction of sp³-hybridized carbons (Fsp3) is 0.588. The lowest BCUT2D eigenvalue weighted by molar-refractivity contribution is -0.124. The lowest BCUT2D eigenvalue weighted by atomic mass is 9.90. The van der Waals surface area contributed by atoms with Gasteiger partial charge in [-0.1, -0.05) is 42.8 Å². The number of nitrogens with zero attached hydrogens (tertiary/aromatic N) is 7. The molecule has 46 heavy (non-hydrogen) atoms. The molecule has 1 aromatic carbocycles. The molecule has 0 radical (unpaired) electrons. The quantitative estimate of drug-likeness (QED) is 0.429. The molecule has 4 aliphatic rings. The summed E-state index contributed by atoms with van der Waals surface area (Å²) < 4.78 is 21.0. The van der Waals surface area contributed by atoms with E-state index in [0.717, 1.165) is 49.3 Å². The summed E-state index contributed by atoms with van der Waals surface area (Å²) in [4.78, 5) is 35.6. The summed E-state index contributed by atoms with van der Waals surface area (Å²) in [5.41, 5.74) is 11.1. The molecule has 2 aromatic rings. The van der Waals surface area contributed by atoms with Crippen LogP contribution in [0.3, 0.4) is 0 Å². The Kier molecular flexibility index (Phi) is 9.55. The highest BCUT2D eigenvalue weighted by atomic mass is 35.5. The van der Waals surface area contributed by atoms with Gasteiger partial charge in [-0.05, 0) is 50.4 Å². The van der Waals surface area contributed by atoms with Gasteiger partial charge in [0.2, 0.25) is 0 Å². The van der Waals surface area contributed by atoms with Crippen molar-refractivity contribution in [2.75, 3.05) is 65.4 Å². The van der Waals surface area contributed by atoms with Gasteiger partial charge in [0.1, 0.15) is 24.3 Å². The van der Waals surface area contributed by atoms with Crippen LogP contribution in [0, 0.1) is 0 Å². The molecule has 10 nitrogen and oxygen atoms in total. The van der Waals surface area contributed by atoms with Crippen molar-refractivity contribution >= 4 is 29.0 Å². The van der Waals surface area contributed by atoms with Crippen LogP contribution in [0.15, 0.2) is 40.0 Å². The van der Waals surface area contributed by atoms with Gasteiger partial charge in [0.25, 0.3) is 5.91 Å². The van der Waals surface area contributed by atoms with Crippen LogP contribution in [-0.2, 0) is 24.2 Å². The van der Waals surface area contributed by atoms with Crippen LogP contribution in [0.2, 0.25) is 0 Å². The van der Waals surface area contributed by atoms with Crippen molar-refractivity contribution in [3.63, 3.8) is 0 Å². The lowest BCUT2D eigenvalue weighted by Crippen LogP contribution is -2.43. The van der Waals surface area contributed by atoms with Gasteiger partial charge in [-0.25, -0.2) is 4.39 Å². The Bertz CT molecular complexity index is 1530. The fourth-order valence-electron chi connectivity index (χ4n) is 7.62. The number of anilines is 1. The maximum absolute atomic E-state index is 14.5. The summed E-state index contributed by atoms with van der Waals surface area (Å²) in [7, 11) is 5.43. The third-order valence-electron chi connectivity index (χ3n) is 10.1. The first kappa shape index (κ1) is 32.7. The van der Waals surface area contributed by atoms with Crippen molar-refractivity contribution in [2.45, 2.75) is 69.7 Å². The SMILES string of the molecule is CCc1ccccc1C1Cc2nc(OC[C@@]34CCCN3CC(F)C4)nc(N3CCCN=C(/C(Cl)=C(\N)C(=O)N(C)C)C3)c2CN1C. The molecule has 2 N–H and O–H groups in total. The second-order valence-electron chi connectivity index (χ2n) is 13.3. The molecule has 0 saturated carbocycles. The van der Waals surface area contributed by atoms with E-state index in [0.29, 0.717) is 63.9 Å². The first-order valence-electron chi connectivity index (χ1n) is 16.5. The van der Waals surface area contributed by atoms with Crippen LogP contribution in [0.25, 0.3) is 0 Å². The van der Waals surface area contributed by atoms with E-state index in [4.69, 9.17) is 37.0 Å². The van der Waals surface area contributed by atoms with Crippen LogP contribution in [-0.4, -0.2) is 108 Å². The summed E-state index contributed by atoms with van der Waals surface area (Å²) >= 11 is 6.72. The van der Waals surface area contributed by atoms with Gasteiger partial charge in [0.05, 0.1) is 28.5 Å². The Balaban J connectivity index is 1.36. The molecule has 2 fully saturated rings. The Morgan fingerprint density at radius 3 is 2.78 bits per heavy atom. The van der Waals surface area contributed by atoms with Gasteiger partial charge in [-0.3, -0.25) is 19.6 Å². The summed E-state index contributed by atoms with van der Waals surface area (Å²) in [6.45, 7) is 6.16. The van der Waals surface area contributed by atoms with E-state index in [-0.39, 0.29) is 28.2 Å². The Morgan fingerprint density at radius 2 is 2.00 bits per heavy atom. The monoisotopic (exact) mass is 652 g/mol. The standard InChI is InChI=1S/C34H46ClFN8O2/c1-5-22-10-6-7-11-24(22)28-16-26-25(19-42(28)4)31(40-33(39-26)46-21-34-12-8-15-44(34)18-23(36)17-34)43-14-9-13-38-27(20-43)29(35)30(37)32(45)41(2)3/h6-7,10-11,23,28H,5,8-9,12-21,37H2,1-4H3/b30-29+/t23?,28?,34-/m0/s1. The summed E-state index contributed by atoms with van der Waals surface area (Å²) in [6.07, 6.45) is 4.04. The Labute approximate surface area is 276 Å². The molecule has 0 spiro atoms. The number of hydrogen-bond acceptors (Lipinski definition) is 9. The number of nitrogens with two attached hydrogens (primary N) is 1. The number of amides is 1. The van der Waals surface area contributed by atoms with E-state index in [1.54, 1.807) is 14.1 Å². The number of fused-ring (bicyclic) bond motifs is 2. The van der Waals surface area contributed by atoms with Gasteiger partial charge in [-0.2, -0.15) is 9.97 Å². The van der Waals surface area contributed by atoms with Crippen molar-refractivity contribution in [1.82, 2.24) is 24.7 Å². The number of likely N-dealkylation sites (N-methyl/N-ethyl adjacent to an activating group) is 2. The average molecular weight is 653 g/mol. The van der Waals surface area contributed by atoms with Crippen molar-refractivity contribution < 1.29 is 13.9 Å². The highest BCUT2D eigenvalue weighted by Crippen LogP contribution is 2.41. The molecule has 2 saturated heterocycles. The highest BCUT2D eigenvalue weighted by molar-refractivity contribution is 6.45. The van der Waals surface area contributed by atoms with Crippen LogP contribution >= 0.6 is 11.6 Å². The zero-order chi connectivity index (χ0) is 32.6. The van der Waals surface area contributed by atoms with Crippen LogP contribution in [0.4, 0.5) is 10.2 Å². The summed E-state index contributed by atoms with van der Waals surface area (Å²) in [6, 6.07) is 9.09. The van der Waals surface area contributed by atoms with E-state index in [1.165, 1.54) is 16.0 Å². The van der Waals surface area contributed by atoms with Gasteiger partial charge >= 0.3 is 6.01 Å². The molecule has 5 heterocycles. The molecule has 2 unspecified atom stereocenters. The molecule has 1 aromatic heterocycles. The molecule has 248 valence electrons. The Hall–Kier alpha value is -3.28. The van der Waals surface area contributed by atoms with Crippen LogP contribution in [0.1, 0.15) is 61.0 Å². The molecular formula is C34H46ClFN8O2. The third kappa shape index (κ3) is 6.33. The fourth-order valence-corrected chi connectivity index (χ4v) is 7.82. The number of rotatable bonds is 8. The minimum atomic E-state index is -0.835. The van der Waals surface area contributed by atoms with Gasteiger partial charge in [0.15, 0.2) is 0 Å². The lowest BCUT2D eigenvalue weighted by Gasteiger charge is -2.37. The minimum Gasteiger partial charge on any atom is -0.461 e. The number of ether oxygens (including phenoxy) is 1. The molecule has 0 aliphatic carbocycles. The average Bonchev–Trinajstić information content (AvgIpc) is 3.46. The van der Waals surface area contributed by atoms with E-state index < -0.39 is 6.17 Å². The van der Waals surface area contributed by atoms with Crippen molar-refractivity contribution in [3.05, 3.63) is 57.4 Å². The van der Waals surface area contributed by atoms with E-state index in [2.05, 4.69) is 52.9 Å². The largest absolute Gasteiger partial charge is 0.461 e. The third-order valence-corrected chi connectivity index (χ3v) is 10.5. The first-order chi connectivity index (χ1) is 22.1. The number of carbonyl (C=O) groups is 1. The van der Waals surface area contributed by atoms with E-state index in [9.17, 15) is 9.18 Å². The summed E-state index contributed by atoms with van der Waals surface area (Å²) in [5.74, 6) is 0.419. The number of benzene rings is 1. The van der Waals surface area contributed by atoms with Gasteiger partial charge in [0, 0.05) is 64.7 Å². The number of aryl methyl sites for hydroxylation is 1. The number of aromatic nitrogens is 2. The molecule has 6 rings (SSSR count). The van der Waals surface area contributed by atoms with Crippen molar-refractivity contribution in [2.24, 2.45) is 10.7 Å². The van der Waals surface area contributed by atoms with Crippen molar-refractivity contribution in [3.8, 4) is 6.01 Å². The maximum atomic E-state index is 14.5. The molecule has 12 heteroatoms. The van der Waals surface area contributed by atoms with Crippen LogP contribution < -0.4 is 15.4 Å². The molecule has 0 bridgehead atoms. The number of carbonyl (C=O) groups excluding carboxylic acids is 1. The molecule has 1 amide bonds. The first-order valence-corrected chi connectivity index (χ1v) is 16.8. The van der Waals surface area contributed by atoms with Gasteiger partial charge < -0.3 is 20.3 Å². The number of halogens is 2. The molecular weight excluding hydrogens is 607 g/mol. The smallest absolute Gasteiger partial charge is 0.318 e. The predicted molar refractivity (Wildman–Crippen MR) is 179 cm³/mol. The second kappa shape index (κ2) is 13.4. The second-order valence-corrected chi connectivity index (χ2v) is 13.7. The van der Waals surface area contributed by atoms with E-state index in [1.807, 2.05) is 0 Å². The highest BCUT2D eigenvalue weighted by Gasteiger charge is 2.49. The van der Waals surface area contributed by atoms with Crippen molar-refractivity contribution in [1.29, 1.82) is 0 Å². The molecule has 3 atom stereocenters. The zero-order valence-corrected chi connectivity index (χ0v) is 28.2. The zero-order valence-electron chi connectivity index (χ0n) is 27.4. The Morgan fingerprint density at radius 1 is 1.20 bits per heavy atom.